The molecule has 0 bridgehead atoms. The Morgan fingerprint density at radius 2 is 1.44 bits per heavy atom. The fraction of sp³-hybridized carbons (Fsp3) is 0.182. The van der Waals surface area contributed by atoms with Gasteiger partial charge in [0.2, 0.25) is 0 Å². The Balaban J connectivity index is 1.40. The Morgan fingerprint density at radius 3 is 2.24 bits per heavy atom. The van der Waals surface area contributed by atoms with E-state index in [0.717, 1.165) is 42.2 Å². The zero-order valence-corrected chi connectivity index (χ0v) is 14.2. The van der Waals surface area contributed by atoms with Gasteiger partial charge >= 0.3 is 0 Å². The van der Waals surface area contributed by atoms with Gasteiger partial charge in [-0.15, -0.1) is 0 Å². The highest BCUT2D eigenvalue weighted by Crippen LogP contribution is 2.24. The summed E-state index contributed by atoms with van der Waals surface area (Å²) in [7, 11) is 0. The van der Waals surface area contributed by atoms with Crippen LogP contribution in [0.1, 0.15) is 18.4 Å². The average Bonchev–Trinajstić information content (AvgIpc) is 3.10. The minimum Gasteiger partial charge on any atom is -0.352 e. The first-order chi connectivity index (χ1) is 12.4. The first kappa shape index (κ1) is 15.6. The Kier molecular flexibility index (Phi) is 4.55. The van der Waals surface area contributed by atoms with Crippen LogP contribution in [0.25, 0.3) is 22.8 Å². The molecule has 124 valence electrons. The topological polar surface area (TPSA) is 30.7 Å². The van der Waals surface area contributed by atoms with E-state index in [1.54, 1.807) is 0 Å². The molecule has 0 fully saturated rings. The van der Waals surface area contributed by atoms with Gasteiger partial charge in [-0.25, -0.2) is 9.97 Å². The van der Waals surface area contributed by atoms with Gasteiger partial charge < -0.3 is 4.57 Å². The molecule has 0 unspecified atom stereocenters. The zero-order valence-electron chi connectivity index (χ0n) is 14.2. The van der Waals surface area contributed by atoms with Crippen LogP contribution < -0.4 is 0 Å². The molecule has 2 aliphatic rings. The summed E-state index contributed by atoms with van der Waals surface area (Å²) < 4.78 is 2.22. The van der Waals surface area contributed by atoms with Crippen molar-refractivity contribution in [3.8, 4) is 22.8 Å². The largest absolute Gasteiger partial charge is 0.352 e. The molecule has 0 saturated heterocycles. The summed E-state index contributed by atoms with van der Waals surface area (Å²) in [6.07, 6.45) is 7.70. The second-order valence-electron chi connectivity index (χ2n) is 6.31. The van der Waals surface area contributed by atoms with E-state index >= 15 is 0 Å². The maximum Gasteiger partial charge on any atom is 0.160 e. The molecule has 25 heavy (non-hydrogen) atoms. The van der Waals surface area contributed by atoms with E-state index in [2.05, 4.69) is 63.3 Å². The van der Waals surface area contributed by atoms with Crippen LogP contribution in [0, 0.1) is 0 Å². The highest BCUT2D eigenvalue weighted by atomic mass is 15.0. The number of hydrogen-bond donors (Lipinski definition) is 0. The normalized spacial score (nSPS) is 11.0. The van der Waals surface area contributed by atoms with Crippen LogP contribution in [-0.2, 0) is 13.0 Å². The number of fused-ring (bicyclic) bond motifs is 1. The second-order valence-corrected chi connectivity index (χ2v) is 6.31. The smallest absolute Gasteiger partial charge is 0.160 e. The van der Waals surface area contributed by atoms with Crippen molar-refractivity contribution < 1.29 is 0 Å². The standard InChI is InChI=1S/C22H21N3/c1-3-9-18(10-4-1)11-7-8-15-25-16-14-20-21(17-25)24-22(23-20)19-12-5-2-6-13-19/h1-6,9-10,12-14,16-17H,7-8,11,15H2. The lowest BCUT2D eigenvalue weighted by Crippen LogP contribution is -2.00. The molecule has 0 saturated carbocycles. The quantitative estimate of drug-likeness (QED) is 0.463. The molecule has 0 N–H and O–H groups in total. The molecule has 3 nitrogen and oxygen atoms in total. The van der Waals surface area contributed by atoms with Gasteiger partial charge in [0.15, 0.2) is 5.82 Å². The summed E-state index contributed by atoms with van der Waals surface area (Å²) in [6, 6.07) is 22.9. The maximum absolute atomic E-state index is 4.69. The number of benzene rings is 2. The second kappa shape index (κ2) is 7.31. The van der Waals surface area contributed by atoms with Gasteiger partial charge in [-0.3, -0.25) is 0 Å². The Labute approximate surface area is 148 Å². The molecule has 4 rings (SSSR count). The van der Waals surface area contributed by atoms with Crippen molar-refractivity contribution in [2.45, 2.75) is 25.8 Å². The number of unbranched alkanes of at least 4 members (excludes halogenated alkanes) is 1. The summed E-state index contributed by atoms with van der Waals surface area (Å²) in [5, 5.41) is 0. The Hall–Kier alpha value is -2.94. The fourth-order valence-electron chi connectivity index (χ4n) is 3.08. The molecule has 0 aliphatic carbocycles. The lowest BCUT2D eigenvalue weighted by molar-refractivity contribution is 0.606. The molecule has 2 aromatic rings. The van der Waals surface area contributed by atoms with Gasteiger partial charge in [0.1, 0.15) is 5.69 Å². The van der Waals surface area contributed by atoms with Crippen molar-refractivity contribution in [2.24, 2.45) is 0 Å². The van der Waals surface area contributed by atoms with Crippen LogP contribution in [0.3, 0.4) is 0 Å². The van der Waals surface area contributed by atoms with Crippen molar-refractivity contribution in [1.82, 2.24) is 14.5 Å². The molecule has 2 aromatic carbocycles. The lowest BCUT2D eigenvalue weighted by atomic mass is 10.1. The van der Waals surface area contributed by atoms with E-state index in [-0.39, 0.29) is 0 Å². The van der Waals surface area contributed by atoms with Crippen molar-refractivity contribution >= 4 is 0 Å². The highest BCUT2D eigenvalue weighted by Gasteiger charge is 2.12. The highest BCUT2D eigenvalue weighted by molar-refractivity contribution is 5.65. The minimum absolute atomic E-state index is 0.803. The molecule has 0 spiro atoms. The van der Waals surface area contributed by atoms with E-state index in [1.165, 1.54) is 12.0 Å². The van der Waals surface area contributed by atoms with Gasteiger partial charge in [0, 0.05) is 24.5 Å². The number of aryl methyl sites for hydroxylation is 2. The number of aromatic nitrogens is 3. The van der Waals surface area contributed by atoms with Crippen LogP contribution in [0.2, 0.25) is 0 Å². The third-order valence-corrected chi connectivity index (χ3v) is 4.43. The van der Waals surface area contributed by atoms with Crippen LogP contribution in [0.4, 0.5) is 0 Å². The predicted octanol–water partition coefficient (Wildman–Crippen LogP) is 5.07. The number of hydrogen-bond acceptors (Lipinski definition) is 2. The van der Waals surface area contributed by atoms with E-state index in [0.29, 0.717) is 0 Å². The minimum atomic E-state index is 0.803. The number of nitrogens with zero attached hydrogens (tertiary/aromatic N) is 3. The van der Waals surface area contributed by atoms with Gasteiger partial charge in [-0.2, -0.15) is 0 Å². The molecule has 0 amide bonds. The zero-order chi connectivity index (χ0) is 16.9. The summed E-state index contributed by atoms with van der Waals surface area (Å²) in [5.41, 5.74) is 4.40. The summed E-state index contributed by atoms with van der Waals surface area (Å²) in [6.45, 7) is 1.01. The van der Waals surface area contributed by atoms with Crippen molar-refractivity contribution in [2.75, 3.05) is 0 Å². The van der Waals surface area contributed by atoms with E-state index < -0.39 is 0 Å². The average molecular weight is 327 g/mol. The molecule has 0 aromatic heterocycles. The maximum atomic E-state index is 4.69. The van der Waals surface area contributed by atoms with E-state index in [1.807, 2.05) is 30.3 Å². The van der Waals surface area contributed by atoms with Gasteiger partial charge in [-0.05, 0) is 30.9 Å². The Bertz CT molecular complexity index is 897. The molecule has 0 radical (unpaired) electrons. The Morgan fingerprint density at radius 1 is 0.720 bits per heavy atom. The first-order valence-corrected chi connectivity index (χ1v) is 8.81. The van der Waals surface area contributed by atoms with Gasteiger partial charge in [0.05, 0.1) is 5.69 Å². The van der Waals surface area contributed by atoms with Gasteiger partial charge in [-0.1, -0.05) is 60.7 Å². The molecular weight excluding hydrogens is 306 g/mol. The molecule has 2 aliphatic heterocycles. The van der Waals surface area contributed by atoms with Crippen LogP contribution in [0.15, 0.2) is 79.1 Å². The molecular formula is C22H21N3. The number of rotatable bonds is 6. The van der Waals surface area contributed by atoms with E-state index in [9.17, 15) is 0 Å². The SMILES string of the molecule is c1ccc(CCCCn2ccc3nc(-c4ccccc4)nc-3c2)cc1. The summed E-state index contributed by atoms with van der Waals surface area (Å²) in [5.74, 6) is 0.803. The van der Waals surface area contributed by atoms with Crippen molar-refractivity contribution in [3.63, 3.8) is 0 Å². The third-order valence-electron chi connectivity index (χ3n) is 4.43. The van der Waals surface area contributed by atoms with Gasteiger partial charge in [0.25, 0.3) is 0 Å². The fourth-order valence-corrected chi connectivity index (χ4v) is 3.08. The number of imidazole rings is 1. The van der Waals surface area contributed by atoms with Crippen molar-refractivity contribution in [1.29, 1.82) is 0 Å². The van der Waals surface area contributed by atoms with Crippen LogP contribution in [0.5, 0.6) is 0 Å². The molecule has 3 heteroatoms. The monoisotopic (exact) mass is 327 g/mol. The summed E-state index contributed by atoms with van der Waals surface area (Å²) in [4.78, 5) is 9.32. The first-order valence-electron chi connectivity index (χ1n) is 8.81. The molecule has 2 heterocycles. The lowest BCUT2D eigenvalue weighted by Gasteiger charge is -2.08. The third kappa shape index (κ3) is 3.77. The van der Waals surface area contributed by atoms with Crippen LogP contribution >= 0.6 is 0 Å². The van der Waals surface area contributed by atoms with Crippen molar-refractivity contribution in [3.05, 3.63) is 84.7 Å². The van der Waals surface area contributed by atoms with Crippen LogP contribution in [-0.4, -0.2) is 14.5 Å². The number of pyridine rings is 1. The van der Waals surface area contributed by atoms with E-state index in [4.69, 9.17) is 0 Å². The molecule has 0 atom stereocenters. The summed E-state index contributed by atoms with van der Waals surface area (Å²) >= 11 is 0. The predicted molar refractivity (Wildman–Crippen MR) is 101 cm³/mol.